The molecule has 1 saturated heterocycles. The van der Waals surface area contributed by atoms with Crippen molar-refractivity contribution in [2.75, 3.05) is 18.6 Å². The summed E-state index contributed by atoms with van der Waals surface area (Å²) < 4.78 is 5.19. The van der Waals surface area contributed by atoms with Crippen LogP contribution in [0, 0.1) is 0 Å². The van der Waals surface area contributed by atoms with Crippen LogP contribution in [0.3, 0.4) is 0 Å². The molecule has 4 amide bonds. The van der Waals surface area contributed by atoms with Gasteiger partial charge in [-0.3, -0.25) is 15.0 Å². The number of thiophene rings is 1. The Kier molecular flexibility index (Phi) is 6.07. The molecule has 0 radical (unpaired) electrons. The number of carbonyl (C=O) groups excluding carboxylic acids is 3. The highest BCUT2D eigenvalue weighted by Crippen LogP contribution is 2.23. The average Bonchev–Trinajstić information content (AvgIpc) is 3.30. The first kappa shape index (κ1) is 20.7. The summed E-state index contributed by atoms with van der Waals surface area (Å²) in [5, 5.41) is 5.36. The molecule has 2 N–H and O–H groups in total. The third-order valence-electron chi connectivity index (χ3n) is 4.90. The number of anilines is 1. The van der Waals surface area contributed by atoms with Crippen molar-refractivity contribution in [3.05, 3.63) is 46.7 Å². The predicted molar refractivity (Wildman–Crippen MR) is 111 cm³/mol. The summed E-state index contributed by atoms with van der Waals surface area (Å²) in [6.45, 7) is 3.93. The number of urea groups is 1. The van der Waals surface area contributed by atoms with E-state index in [2.05, 4.69) is 10.7 Å². The fraction of sp³-hybridized carbons (Fsp3) is 0.350. The van der Waals surface area contributed by atoms with Gasteiger partial charge in [0, 0.05) is 10.6 Å². The molecule has 2 heterocycles. The molecule has 1 aliphatic rings. The van der Waals surface area contributed by atoms with Crippen molar-refractivity contribution in [3.8, 4) is 5.75 Å². The van der Waals surface area contributed by atoms with Gasteiger partial charge in [0.25, 0.3) is 11.8 Å². The van der Waals surface area contributed by atoms with E-state index in [-0.39, 0.29) is 6.54 Å². The molecule has 3 rings (SSSR count). The summed E-state index contributed by atoms with van der Waals surface area (Å²) in [6.07, 6.45) is 0.431. The number of benzene rings is 1. The van der Waals surface area contributed by atoms with Crippen molar-refractivity contribution >= 4 is 34.9 Å². The number of carbonyl (C=O) groups is 3. The largest absolute Gasteiger partial charge is 0.497 e. The number of nitrogens with one attached hydrogen (secondary N) is 2. The van der Waals surface area contributed by atoms with Gasteiger partial charge < -0.3 is 15.0 Å². The first-order valence-electron chi connectivity index (χ1n) is 9.24. The van der Waals surface area contributed by atoms with Gasteiger partial charge in [0.05, 0.1) is 20.2 Å². The highest BCUT2D eigenvalue weighted by atomic mass is 32.1. The first-order chi connectivity index (χ1) is 13.9. The van der Waals surface area contributed by atoms with Crippen LogP contribution >= 0.6 is 11.3 Å². The Labute approximate surface area is 173 Å². The van der Waals surface area contributed by atoms with Crippen LogP contribution in [-0.2, 0) is 16.1 Å². The lowest BCUT2D eigenvalue weighted by Gasteiger charge is -2.25. The monoisotopic (exact) mass is 416 g/mol. The van der Waals surface area contributed by atoms with Gasteiger partial charge in [-0.25, -0.2) is 4.79 Å². The number of rotatable bonds is 8. The molecule has 0 saturated carbocycles. The summed E-state index contributed by atoms with van der Waals surface area (Å²) in [5.41, 5.74) is 2.26. The van der Waals surface area contributed by atoms with E-state index >= 15 is 0 Å². The zero-order chi connectivity index (χ0) is 21.0. The Hall–Kier alpha value is -3.07. The van der Waals surface area contributed by atoms with E-state index in [4.69, 9.17) is 4.74 Å². The Balaban J connectivity index is 1.74. The van der Waals surface area contributed by atoms with E-state index in [1.807, 2.05) is 46.7 Å². The Morgan fingerprint density at radius 3 is 2.55 bits per heavy atom. The molecule has 1 fully saturated rings. The molecule has 154 valence electrons. The topological polar surface area (TPSA) is 91.0 Å². The lowest BCUT2D eigenvalue weighted by Crippen LogP contribution is -2.51. The number of hydrazine groups is 1. The number of hydrogen-bond donors (Lipinski definition) is 2. The van der Waals surface area contributed by atoms with E-state index in [1.165, 1.54) is 0 Å². The van der Waals surface area contributed by atoms with Crippen molar-refractivity contribution in [1.82, 2.24) is 15.8 Å². The Morgan fingerprint density at radius 1 is 1.28 bits per heavy atom. The summed E-state index contributed by atoms with van der Waals surface area (Å²) in [6, 6.07) is 10.7. The van der Waals surface area contributed by atoms with Crippen molar-refractivity contribution in [1.29, 1.82) is 0 Å². The van der Waals surface area contributed by atoms with Gasteiger partial charge in [0.1, 0.15) is 11.3 Å². The van der Waals surface area contributed by atoms with E-state index < -0.39 is 23.4 Å². The molecule has 2 aromatic rings. The van der Waals surface area contributed by atoms with Gasteiger partial charge >= 0.3 is 6.03 Å². The van der Waals surface area contributed by atoms with Crippen LogP contribution in [0.2, 0.25) is 0 Å². The fourth-order valence-electron chi connectivity index (χ4n) is 2.98. The van der Waals surface area contributed by atoms with E-state index in [1.54, 1.807) is 32.3 Å². The van der Waals surface area contributed by atoms with Crippen LogP contribution in [0.15, 0.2) is 41.8 Å². The number of amides is 4. The quantitative estimate of drug-likeness (QED) is 0.646. The maximum Gasteiger partial charge on any atom is 0.344 e. The third kappa shape index (κ3) is 4.51. The lowest BCUT2D eigenvalue weighted by atomic mass is 10.00. The molecule has 1 aromatic heterocycles. The highest BCUT2D eigenvalue weighted by molar-refractivity contribution is 7.09. The minimum absolute atomic E-state index is 0.0237. The molecule has 1 aromatic carbocycles. The number of ether oxygens (including phenoxy) is 1. The molecular weight excluding hydrogens is 392 g/mol. The standard InChI is InChI=1S/C20H24N4O4S/c1-4-20(2)18(26)24(19(27)21-20)22-17(25)13-23(12-16-6-5-11-29-16)14-7-9-15(28-3)10-8-14/h5-11H,4,12-13H2,1-3H3,(H,21,27)(H,22,25). The van der Waals surface area contributed by atoms with Gasteiger partial charge in [0.2, 0.25) is 0 Å². The minimum atomic E-state index is -1.00. The second-order valence-corrected chi connectivity index (χ2v) is 7.96. The normalized spacial score (nSPS) is 18.5. The number of methoxy groups -OCH3 is 1. The van der Waals surface area contributed by atoms with Crippen molar-refractivity contribution in [2.45, 2.75) is 32.4 Å². The lowest BCUT2D eigenvalue weighted by molar-refractivity contribution is -0.138. The van der Waals surface area contributed by atoms with Gasteiger partial charge in [-0.05, 0) is 49.1 Å². The molecular formula is C20H24N4O4S. The van der Waals surface area contributed by atoms with Crippen molar-refractivity contribution in [2.24, 2.45) is 0 Å². The van der Waals surface area contributed by atoms with Gasteiger partial charge in [0.15, 0.2) is 0 Å². The fourth-order valence-corrected chi connectivity index (χ4v) is 3.70. The highest BCUT2D eigenvalue weighted by Gasteiger charge is 2.47. The third-order valence-corrected chi connectivity index (χ3v) is 5.76. The molecule has 1 unspecified atom stereocenters. The second kappa shape index (κ2) is 8.52. The van der Waals surface area contributed by atoms with Gasteiger partial charge in [-0.2, -0.15) is 5.01 Å². The summed E-state index contributed by atoms with van der Waals surface area (Å²) >= 11 is 1.59. The molecule has 0 aliphatic carbocycles. The maximum atomic E-state index is 12.7. The molecule has 9 heteroatoms. The van der Waals surface area contributed by atoms with Gasteiger partial charge in [-0.15, -0.1) is 11.3 Å². The first-order valence-corrected chi connectivity index (χ1v) is 10.1. The Morgan fingerprint density at radius 2 is 2.00 bits per heavy atom. The molecule has 8 nitrogen and oxygen atoms in total. The van der Waals surface area contributed by atoms with E-state index in [0.29, 0.717) is 18.7 Å². The van der Waals surface area contributed by atoms with Crippen molar-refractivity contribution < 1.29 is 19.1 Å². The predicted octanol–water partition coefficient (Wildman–Crippen LogP) is 2.52. The van der Waals surface area contributed by atoms with Crippen LogP contribution < -0.4 is 20.4 Å². The van der Waals surface area contributed by atoms with Crippen LogP contribution in [0.4, 0.5) is 10.5 Å². The average molecular weight is 417 g/mol. The second-order valence-electron chi connectivity index (χ2n) is 6.92. The zero-order valence-corrected chi connectivity index (χ0v) is 17.4. The minimum Gasteiger partial charge on any atom is -0.497 e. The summed E-state index contributed by atoms with van der Waals surface area (Å²) in [7, 11) is 1.59. The molecule has 29 heavy (non-hydrogen) atoms. The summed E-state index contributed by atoms with van der Waals surface area (Å²) in [5.74, 6) is -0.207. The SMILES string of the molecule is CCC1(C)NC(=O)N(NC(=O)CN(Cc2cccs2)c2ccc(OC)cc2)C1=O. The van der Waals surface area contributed by atoms with Crippen LogP contribution in [0.25, 0.3) is 0 Å². The number of hydrogen-bond acceptors (Lipinski definition) is 6. The summed E-state index contributed by atoms with van der Waals surface area (Å²) in [4.78, 5) is 40.3. The van der Waals surface area contributed by atoms with Crippen LogP contribution in [0.5, 0.6) is 5.75 Å². The van der Waals surface area contributed by atoms with Crippen LogP contribution in [0.1, 0.15) is 25.1 Å². The van der Waals surface area contributed by atoms with E-state index in [9.17, 15) is 14.4 Å². The molecule has 1 aliphatic heterocycles. The molecule has 0 bridgehead atoms. The van der Waals surface area contributed by atoms with Crippen LogP contribution in [-0.4, -0.2) is 42.0 Å². The van der Waals surface area contributed by atoms with Crippen molar-refractivity contribution in [3.63, 3.8) is 0 Å². The smallest absolute Gasteiger partial charge is 0.344 e. The maximum absolute atomic E-state index is 12.7. The van der Waals surface area contributed by atoms with E-state index in [0.717, 1.165) is 15.6 Å². The Bertz CT molecular complexity index is 884. The number of nitrogens with zero attached hydrogens (tertiary/aromatic N) is 2. The molecule has 0 spiro atoms. The van der Waals surface area contributed by atoms with Gasteiger partial charge in [-0.1, -0.05) is 13.0 Å². The number of imide groups is 1. The zero-order valence-electron chi connectivity index (χ0n) is 16.6. The molecule has 1 atom stereocenters.